The monoisotopic (exact) mass is 520 g/mol. The van der Waals surface area contributed by atoms with Crippen LogP contribution in [0, 0.1) is 5.82 Å². The summed E-state index contributed by atoms with van der Waals surface area (Å²) in [4.78, 5) is 23.8. The third-order valence-electron chi connectivity index (χ3n) is 8.40. The fraction of sp³-hybridized carbons (Fsp3) is 0.516. The van der Waals surface area contributed by atoms with Gasteiger partial charge in [-0.25, -0.2) is 4.39 Å². The molecule has 7 heteroatoms. The number of aromatic nitrogens is 1. The number of carbonyl (C=O) groups excluding carboxylic acids is 1. The van der Waals surface area contributed by atoms with Crippen LogP contribution in [-0.4, -0.2) is 79.2 Å². The lowest BCUT2D eigenvalue weighted by molar-refractivity contribution is -0.119. The number of methoxy groups -OCH3 is 1. The molecule has 1 aliphatic carbocycles. The number of piperazine rings is 1. The van der Waals surface area contributed by atoms with Gasteiger partial charge in [-0.15, -0.1) is 0 Å². The Morgan fingerprint density at radius 1 is 1.00 bits per heavy atom. The number of ether oxygens (including phenoxy) is 1. The predicted octanol–water partition coefficient (Wildman–Crippen LogP) is 5.24. The molecule has 1 aliphatic heterocycles. The lowest BCUT2D eigenvalue weighted by Crippen LogP contribution is -2.48. The highest BCUT2D eigenvalue weighted by Crippen LogP contribution is 2.29. The lowest BCUT2D eigenvalue weighted by Gasteiger charge is -2.38. The highest BCUT2D eigenvalue weighted by atomic mass is 19.1. The normalized spacial score (nSPS) is 21.1. The summed E-state index contributed by atoms with van der Waals surface area (Å²) in [6.45, 7) is 5.90. The molecule has 38 heavy (non-hydrogen) atoms. The van der Waals surface area contributed by atoms with Crippen LogP contribution in [0.25, 0.3) is 10.9 Å². The second-order valence-corrected chi connectivity index (χ2v) is 10.8. The van der Waals surface area contributed by atoms with Crippen molar-refractivity contribution in [3.8, 4) is 0 Å². The van der Waals surface area contributed by atoms with Crippen molar-refractivity contribution in [3.05, 3.63) is 66.1 Å². The van der Waals surface area contributed by atoms with E-state index in [0.29, 0.717) is 12.5 Å². The quantitative estimate of drug-likeness (QED) is 0.397. The highest BCUT2D eigenvalue weighted by molar-refractivity contribution is 5.94. The Kier molecular flexibility index (Phi) is 9.10. The molecule has 204 valence electrons. The Labute approximate surface area is 225 Å². The van der Waals surface area contributed by atoms with Gasteiger partial charge in [-0.2, -0.15) is 0 Å². The van der Waals surface area contributed by atoms with Gasteiger partial charge in [0.1, 0.15) is 5.82 Å². The number of carbonyl (C=O) groups is 1. The summed E-state index contributed by atoms with van der Waals surface area (Å²) in [7, 11) is 1.79. The number of fused-ring (bicyclic) bond motifs is 1. The van der Waals surface area contributed by atoms with Crippen LogP contribution in [0.4, 0.5) is 10.1 Å². The number of anilines is 1. The molecule has 1 saturated heterocycles. The predicted molar refractivity (Wildman–Crippen MR) is 151 cm³/mol. The van der Waals surface area contributed by atoms with E-state index in [2.05, 4.69) is 31.8 Å². The third kappa shape index (κ3) is 6.63. The number of hydrogen-bond donors (Lipinski definition) is 1. The minimum absolute atomic E-state index is 0.182. The Morgan fingerprint density at radius 2 is 1.71 bits per heavy atom. The summed E-state index contributed by atoms with van der Waals surface area (Å²) in [5.74, 6) is 0.0491. The Bertz CT molecular complexity index is 1170. The van der Waals surface area contributed by atoms with Gasteiger partial charge in [0.05, 0.1) is 6.10 Å². The van der Waals surface area contributed by atoms with Crippen molar-refractivity contribution >= 4 is 22.5 Å². The van der Waals surface area contributed by atoms with E-state index in [1.165, 1.54) is 11.6 Å². The maximum absolute atomic E-state index is 13.7. The van der Waals surface area contributed by atoms with E-state index in [0.717, 1.165) is 94.4 Å². The molecule has 0 radical (unpaired) electrons. The number of para-hydroxylation sites is 1. The molecule has 0 bridgehead atoms. The number of hydrogen-bond acceptors (Lipinski definition) is 4. The number of rotatable bonds is 10. The van der Waals surface area contributed by atoms with Crippen molar-refractivity contribution in [2.75, 3.05) is 51.3 Å². The minimum Gasteiger partial charge on any atom is -0.381 e. The highest BCUT2D eigenvalue weighted by Gasteiger charge is 2.30. The van der Waals surface area contributed by atoms with Gasteiger partial charge in [-0.1, -0.05) is 18.2 Å². The van der Waals surface area contributed by atoms with Crippen LogP contribution in [0.15, 0.2) is 54.7 Å². The average molecular weight is 521 g/mol. The van der Waals surface area contributed by atoms with Gasteiger partial charge in [-0.05, 0) is 81.0 Å². The topological polar surface area (TPSA) is 51.8 Å². The van der Waals surface area contributed by atoms with Gasteiger partial charge in [-0.3, -0.25) is 4.79 Å². The van der Waals surface area contributed by atoms with Crippen LogP contribution in [0.3, 0.4) is 0 Å². The smallest absolute Gasteiger partial charge is 0.228 e. The molecule has 2 fully saturated rings. The van der Waals surface area contributed by atoms with Crippen molar-refractivity contribution in [1.29, 1.82) is 0 Å². The van der Waals surface area contributed by atoms with Crippen LogP contribution in [0.1, 0.15) is 44.1 Å². The van der Waals surface area contributed by atoms with Crippen LogP contribution >= 0.6 is 0 Å². The number of aromatic amines is 1. The number of benzene rings is 2. The number of halogens is 1. The van der Waals surface area contributed by atoms with E-state index in [1.807, 2.05) is 30.5 Å². The van der Waals surface area contributed by atoms with Crippen molar-refractivity contribution in [3.63, 3.8) is 0 Å². The summed E-state index contributed by atoms with van der Waals surface area (Å²) >= 11 is 0. The standard InChI is InChI=1S/C31H41FN4O2/c1-38-28-12-10-27(11-13-28)36(26-7-3-2-4-8-26)31(37)15-17-35-20-18-34(19-21-35)16-5-6-24-23-33-30-14-9-25(32)22-29(24)30/h2-4,7-9,14,22-23,27-28,33H,5-6,10-13,15-21H2,1H3. The van der Waals surface area contributed by atoms with Gasteiger partial charge < -0.3 is 24.4 Å². The van der Waals surface area contributed by atoms with Crippen molar-refractivity contribution in [2.45, 2.75) is 57.1 Å². The fourth-order valence-corrected chi connectivity index (χ4v) is 6.15. The van der Waals surface area contributed by atoms with Gasteiger partial charge in [0.25, 0.3) is 0 Å². The van der Waals surface area contributed by atoms with Crippen LogP contribution < -0.4 is 4.90 Å². The molecule has 0 spiro atoms. The number of nitrogens with zero attached hydrogens (tertiary/aromatic N) is 3. The fourth-order valence-electron chi connectivity index (χ4n) is 6.15. The summed E-state index contributed by atoms with van der Waals surface area (Å²) < 4.78 is 19.2. The molecular weight excluding hydrogens is 479 g/mol. The first-order valence-corrected chi connectivity index (χ1v) is 14.2. The summed E-state index contributed by atoms with van der Waals surface area (Å²) in [5.41, 5.74) is 3.20. The molecule has 2 aromatic carbocycles. The largest absolute Gasteiger partial charge is 0.381 e. The molecule has 0 atom stereocenters. The molecule has 2 heterocycles. The van der Waals surface area contributed by atoms with E-state index >= 15 is 0 Å². The molecular formula is C31H41FN4O2. The van der Waals surface area contributed by atoms with Crippen molar-refractivity contribution in [1.82, 2.24) is 14.8 Å². The Hall–Kier alpha value is -2.74. The number of aryl methyl sites for hydroxylation is 1. The van der Waals surface area contributed by atoms with Crippen LogP contribution in [-0.2, 0) is 16.0 Å². The first kappa shape index (κ1) is 26.9. The van der Waals surface area contributed by atoms with Crippen LogP contribution in [0.5, 0.6) is 0 Å². The minimum atomic E-state index is -0.182. The second-order valence-electron chi connectivity index (χ2n) is 10.8. The maximum atomic E-state index is 13.7. The summed E-state index contributed by atoms with van der Waals surface area (Å²) in [6.07, 6.45) is 8.89. The van der Waals surface area contributed by atoms with Crippen molar-refractivity contribution < 1.29 is 13.9 Å². The average Bonchev–Trinajstić information content (AvgIpc) is 3.35. The molecule has 1 saturated carbocycles. The molecule has 2 aliphatic rings. The molecule has 6 nitrogen and oxygen atoms in total. The van der Waals surface area contributed by atoms with E-state index in [9.17, 15) is 9.18 Å². The first-order valence-electron chi connectivity index (χ1n) is 14.2. The molecule has 3 aromatic rings. The van der Waals surface area contributed by atoms with E-state index in [-0.39, 0.29) is 17.8 Å². The SMILES string of the molecule is COC1CCC(N(C(=O)CCN2CCN(CCCc3c[nH]c4ccc(F)cc34)CC2)c2ccccc2)CC1. The van der Waals surface area contributed by atoms with Gasteiger partial charge in [0.2, 0.25) is 5.91 Å². The third-order valence-corrected chi connectivity index (χ3v) is 8.40. The number of H-pyrrole nitrogens is 1. The Balaban J connectivity index is 1.07. The zero-order chi connectivity index (χ0) is 26.3. The van der Waals surface area contributed by atoms with Gasteiger partial charge in [0.15, 0.2) is 0 Å². The van der Waals surface area contributed by atoms with Crippen LogP contribution in [0.2, 0.25) is 0 Å². The van der Waals surface area contributed by atoms with Gasteiger partial charge >= 0.3 is 0 Å². The molecule has 0 unspecified atom stereocenters. The molecule has 1 amide bonds. The zero-order valence-electron chi connectivity index (χ0n) is 22.6. The number of nitrogens with one attached hydrogen (secondary N) is 1. The summed E-state index contributed by atoms with van der Waals surface area (Å²) in [6, 6.07) is 15.4. The van der Waals surface area contributed by atoms with Crippen molar-refractivity contribution in [2.24, 2.45) is 0 Å². The first-order chi connectivity index (χ1) is 18.6. The maximum Gasteiger partial charge on any atom is 0.228 e. The zero-order valence-corrected chi connectivity index (χ0v) is 22.6. The van der Waals surface area contributed by atoms with Gasteiger partial charge in [0, 0.05) is 75.1 Å². The number of amides is 1. The molecule has 5 rings (SSSR count). The molecule has 1 aromatic heterocycles. The van der Waals surface area contributed by atoms with E-state index < -0.39 is 0 Å². The van der Waals surface area contributed by atoms with E-state index in [1.54, 1.807) is 13.2 Å². The lowest BCUT2D eigenvalue weighted by atomic mass is 9.91. The Morgan fingerprint density at radius 3 is 2.42 bits per heavy atom. The molecule has 1 N–H and O–H groups in total. The van der Waals surface area contributed by atoms with E-state index in [4.69, 9.17) is 4.74 Å². The summed E-state index contributed by atoms with van der Waals surface area (Å²) in [5, 5.41) is 0.996. The second kappa shape index (κ2) is 12.9.